The number of piperidine rings is 1. The Morgan fingerprint density at radius 1 is 1.50 bits per heavy atom. The van der Waals surface area contributed by atoms with Crippen LogP contribution in [0.4, 0.5) is 0 Å². The summed E-state index contributed by atoms with van der Waals surface area (Å²) in [6.07, 6.45) is 4.45. The lowest BCUT2D eigenvalue weighted by Crippen LogP contribution is -2.47. The molecule has 0 unspecified atom stereocenters. The number of allylic oxidation sites excluding steroid dienone is 1. The Kier molecular flexibility index (Phi) is 4.31. The van der Waals surface area contributed by atoms with Crippen LogP contribution in [0.5, 0.6) is 0 Å². The highest BCUT2D eigenvalue weighted by Crippen LogP contribution is 2.16. The highest BCUT2D eigenvalue weighted by molar-refractivity contribution is 6.44. The minimum Gasteiger partial charge on any atom is -0.368 e. The molecule has 1 atom stereocenters. The zero-order chi connectivity index (χ0) is 14.5. The molecule has 6 heteroatoms. The second kappa shape index (κ2) is 6.15. The highest BCUT2D eigenvalue weighted by Gasteiger charge is 2.25. The zero-order valence-electron chi connectivity index (χ0n) is 11.2. The molecule has 0 saturated carbocycles. The quantitative estimate of drug-likeness (QED) is 0.551. The molecule has 1 saturated heterocycles. The second-order valence-electron chi connectivity index (χ2n) is 4.63. The molecule has 0 aromatic heterocycles. The molecule has 0 spiro atoms. The van der Waals surface area contributed by atoms with Gasteiger partial charge in [-0.2, -0.15) is 0 Å². The van der Waals surface area contributed by atoms with E-state index in [9.17, 15) is 14.4 Å². The molecule has 6 nitrogen and oxygen atoms in total. The average molecular weight is 273 g/mol. The van der Waals surface area contributed by atoms with Crippen LogP contribution >= 0.6 is 0 Å². The largest absolute Gasteiger partial charge is 0.368 e. The lowest BCUT2D eigenvalue weighted by molar-refractivity contribution is -0.133. The minimum atomic E-state index is -0.742. The number of amides is 2. The molecular formula is C14H15N3O3. The van der Waals surface area contributed by atoms with Crippen molar-refractivity contribution in [1.29, 1.82) is 0 Å². The van der Waals surface area contributed by atoms with Gasteiger partial charge in [-0.15, -0.1) is 0 Å². The molecule has 20 heavy (non-hydrogen) atoms. The van der Waals surface area contributed by atoms with Gasteiger partial charge in [-0.3, -0.25) is 14.4 Å². The Morgan fingerprint density at radius 3 is 3.00 bits per heavy atom. The molecule has 104 valence electrons. The molecule has 2 aliphatic rings. The van der Waals surface area contributed by atoms with Crippen LogP contribution in [0, 0.1) is 11.8 Å². The first-order chi connectivity index (χ1) is 9.60. The van der Waals surface area contributed by atoms with Crippen molar-refractivity contribution in [3.05, 3.63) is 11.8 Å². The van der Waals surface area contributed by atoms with Crippen LogP contribution in [0.3, 0.4) is 0 Å². The van der Waals surface area contributed by atoms with E-state index in [4.69, 9.17) is 0 Å². The van der Waals surface area contributed by atoms with Gasteiger partial charge in [0.25, 0.3) is 5.91 Å². The van der Waals surface area contributed by atoms with Gasteiger partial charge in [-0.05, 0) is 25.7 Å². The molecule has 0 aromatic rings. The van der Waals surface area contributed by atoms with E-state index in [-0.39, 0.29) is 11.9 Å². The van der Waals surface area contributed by atoms with E-state index < -0.39 is 11.7 Å². The molecule has 1 fully saturated rings. The molecule has 1 N–H and O–H groups in total. The van der Waals surface area contributed by atoms with Crippen LogP contribution in [0.15, 0.2) is 16.8 Å². The number of rotatable bonds is 2. The lowest BCUT2D eigenvalue weighted by Gasteiger charge is -2.35. The first-order valence-electron chi connectivity index (χ1n) is 6.42. The molecule has 0 radical (unpaired) electrons. The summed E-state index contributed by atoms with van der Waals surface area (Å²) in [5, 5.41) is 2.83. The van der Waals surface area contributed by atoms with E-state index in [0.717, 1.165) is 19.4 Å². The number of carbonyl (C=O) groups excluding carboxylic acids is 3. The Morgan fingerprint density at radius 2 is 2.30 bits per heavy atom. The summed E-state index contributed by atoms with van der Waals surface area (Å²) in [6, 6.07) is -0.0147. The number of carbonyl (C=O) groups is 3. The predicted octanol–water partition coefficient (Wildman–Crippen LogP) is -0.346. The standard InChI is InChI=1S/C14H15N3O3/c1-2-4-13(19)16-10-5-3-6-17(9-10)11-7-12(18)14(20)15-8-11/h7-8,10H,3,5-6,9H2,1H3,(H,16,19)/t10-/m1/s1. The number of nitrogens with zero attached hydrogens (tertiary/aromatic N) is 2. The van der Waals surface area contributed by atoms with Gasteiger partial charge in [0.2, 0.25) is 5.78 Å². The molecule has 0 aromatic carbocycles. The van der Waals surface area contributed by atoms with Crippen molar-refractivity contribution in [2.75, 3.05) is 13.1 Å². The predicted molar refractivity (Wildman–Crippen MR) is 72.8 cm³/mol. The summed E-state index contributed by atoms with van der Waals surface area (Å²) in [5.41, 5.74) is 0.620. The molecule has 2 rings (SSSR count). The number of dihydropyridines is 1. The maximum Gasteiger partial charge on any atom is 0.317 e. The Balaban J connectivity index is 2.00. The van der Waals surface area contributed by atoms with Crippen molar-refractivity contribution in [2.24, 2.45) is 4.99 Å². The smallest absolute Gasteiger partial charge is 0.317 e. The summed E-state index contributed by atoms with van der Waals surface area (Å²) >= 11 is 0. The van der Waals surface area contributed by atoms with Crippen LogP contribution in [-0.4, -0.2) is 47.8 Å². The number of hydrogen-bond donors (Lipinski definition) is 1. The normalized spacial score (nSPS) is 21.9. The third kappa shape index (κ3) is 3.32. The molecular weight excluding hydrogens is 258 g/mol. The third-order valence-corrected chi connectivity index (χ3v) is 3.16. The minimum absolute atomic E-state index is 0.0147. The van der Waals surface area contributed by atoms with E-state index in [1.54, 1.807) is 6.92 Å². The molecule has 0 aliphatic carbocycles. The summed E-state index contributed by atoms with van der Waals surface area (Å²) in [7, 11) is 0. The van der Waals surface area contributed by atoms with Crippen molar-refractivity contribution >= 4 is 23.8 Å². The molecule has 2 amide bonds. The van der Waals surface area contributed by atoms with Gasteiger partial charge < -0.3 is 10.2 Å². The van der Waals surface area contributed by atoms with Gasteiger partial charge in [0.15, 0.2) is 0 Å². The van der Waals surface area contributed by atoms with Crippen LogP contribution in [0.2, 0.25) is 0 Å². The van der Waals surface area contributed by atoms with Gasteiger partial charge >= 0.3 is 5.91 Å². The van der Waals surface area contributed by atoms with E-state index >= 15 is 0 Å². The highest BCUT2D eigenvalue weighted by atomic mass is 16.2. The van der Waals surface area contributed by atoms with Crippen molar-refractivity contribution in [3.63, 3.8) is 0 Å². The number of likely N-dealkylation sites (tertiary alicyclic amines) is 1. The van der Waals surface area contributed by atoms with Crippen molar-refractivity contribution < 1.29 is 14.4 Å². The van der Waals surface area contributed by atoms with Crippen molar-refractivity contribution in [3.8, 4) is 11.8 Å². The van der Waals surface area contributed by atoms with Crippen LogP contribution in [0.25, 0.3) is 0 Å². The second-order valence-corrected chi connectivity index (χ2v) is 4.63. The number of ketones is 1. The Labute approximate surface area is 116 Å². The van der Waals surface area contributed by atoms with E-state index in [0.29, 0.717) is 12.2 Å². The van der Waals surface area contributed by atoms with E-state index in [1.165, 1.54) is 12.3 Å². The zero-order valence-corrected chi connectivity index (χ0v) is 11.2. The van der Waals surface area contributed by atoms with Gasteiger partial charge in [0.05, 0.1) is 11.9 Å². The number of aliphatic imine (C=N–C) groups is 1. The molecule has 2 heterocycles. The van der Waals surface area contributed by atoms with Crippen molar-refractivity contribution in [1.82, 2.24) is 10.2 Å². The van der Waals surface area contributed by atoms with Crippen LogP contribution < -0.4 is 5.32 Å². The maximum atomic E-state index is 11.4. The fraction of sp³-hybridized carbons (Fsp3) is 0.429. The van der Waals surface area contributed by atoms with Gasteiger partial charge in [-0.1, -0.05) is 5.92 Å². The first-order valence-corrected chi connectivity index (χ1v) is 6.42. The van der Waals surface area contributed by atoms with Crippen molar-refractivity contribution in [2.45, 2.75) is 25.8 Å². The summed E-state index contributed by atoms with van der Waals surface area (Å²) < 4.78 is 0. The molecule has 0 bridgehead atoms. The van der Waals surface area contributed by atoms with E-state index in [2.05, 4.69) is 22.2 Å². The Bertz CT molecular complexity index is 566. The van der Waals surface area contributed by atoms with Gasteiger partial charge in [0, 0.05) is 25.2 Å². The molecule has 2 aliphatic heterocycles. The lowest BCUT2D eigenvalue weighted by atomic mass is 10.0. The van der Waals surface area contributed by atoms with Gasteiger partial charge in [-0.25, -0.2) is 4.99 Å². The maximum absolute atomic E-state index is 11.4. The summed E-state index contributed by atoms with van der Waals surface area (Å²) in [6.45, 7) is 2.96. The summed E-state index contributed by atoms with van der Waals surface area (Å²) in [5.74, 6) is 3.35. The van der Waals surface area contributed by atoms with Gasteiger partial charge in [0.1, 0.15) is 0 Å². The average Bonchev–Trinajstić information content (AvgIpc) is 2.42. The fourth-order valence-corrected chi connectivity index (χ4v) is 2.26. The monoisotopic (exact) mass is 273 g/mol. The van der Waals surface area contributed by atoms with Crippen LogP contribution in [-0.2, 0) is 14.4 Å². The fourth-order valence-electron chi connectivity index (χ4n) is 2.26. The number of hydrogen-bond acceptors (Lipinski definition) is 4. The topological polar surface area (TPSA) is 78.8 Å². The van der Waals surface area contributed by atoms with Crippen LogP contribution in [0.1, 0.15) is 19.8 Å². The number of nitrogens with one attached hydrogen (secondary N) is 1. The SMILES string of the molecule is CC#CC(=O)N[C@@H]1CCCN(C2=CC(=O)C(=O)N=C2)C1. The van der Waals surface area contributed by atoms with E-state index in [1.807, 2.05) is 4.90 Å². The Hall–Kier alpha value is -2.42. The summed E-state index contributed by atoms with van der Waals surface area (Å²) in [4.78, 5) is 39.3. The third-order valence-electron chi connectivity index (χ3n) is 3.16. The first kappa shape index (κ1) is 14.0.